The molecule has 1 atom stereocenters. The molecule has 1 heterocycles. The zero-order valence-corrected chi connectivity index (χ0v) is 11.8. The van der Waals surface area contributed by atoms with Crippen molar-refractivity contribution in [3.8, 4) is 0 Å². The van der Waals surface area contributed by atoms with Crippen molar-refractivity contribution in [2.75, 3.05) is 53.4 Å². The van der Waals surface area contributed by atoms with Crippen LogP contribution < -0.4 is 5.32 Å². The van der Waals surface area contributed by atoms with Gasteiger partial charge in [0.15, 0.2) is 0 Å². The van der Waals surface area contributed by atoms with Gasteiger partial charge in [-0.25, -0.2) is 0 Å². The predicted octanol–water partition coefficient (Wildman–Crippen LogP) is 1.43. The number of likely N-dealkylation sites (tertiary alicyclic amines) is 1. The molecule has 1 rings (SSSR count). The van der Waals surface area contributed by atoms with E-state index in [0.29, 0.717) is 0 Å². The first-order valence-electron chi connectivity index (χ1n) is 6.86. The zero-order chi connectivity index (χ0) is 12.7. The van der Waals surface area contributed by atoms with Crippen LogP contribution in [0.2, 0.25) is 0 Å². The van der Waals surface area contributed by atoms with Crippen LogP contribution in [-0.4, -0.2) is 63.2 Å². The second kappa shape index (κ2) is 7.85. The summed E-state index contributed by atoms with van der Waals surface area (Å²) < 4.78 is 0. The maximum absolute atomic E-state index is 4.14. The highest BCUT2D eigenvalue weighted by molar-refractivity contribution is 4.99. The lowest BCUT2D eigenvalue weighted by atomic mass is 10.1. The van der Waals surface area contributed by atoms with Gasteiger partial charge in [-0.2, -0.15) is 0 Å². The van der Waals surface area contributed by atoms with E-state index < -0.39 is 0 Å². The molecular formula is C14H29N3. The summed E-state index contributed by atoms with van der Waals surface area (Å²) in [6.45, 7) is 13.1. The summed E-state index contributed by atoms with van der Waals surface area (Å²) in [4.78, 5) is 4.84. The fourth-order valence-corrected chi connectivity index (χ4v) is 2.56. The summed E-state index contributed by atoms with van der Waals surface area (Å²) >= 11 is 0. The Morgan fingerprint density at radius 1 is 1.53 bits per heavy atom. The van der Waals surface area contributed by atoms with E-state index in [1.54, 1.807) is 0 Å². The minimum atomic E-state index is 0.849. The first-order chi connectivity index (χ1) is 8.11. The number of nitrogens with zero attached hydrogens (tertiary/aromatic N) is 2. The lowest BCUT2D eigenvalue weighted by Crippen LogP contribution is -2.31. The maximum atomic E-state index is 4.14. The van der Waals surface area contributed by atoms with Gasteiger partial charge >= 0.3 is 0 Å². The van der Waals surface area contributed by atoms with Gasteiger partial charge in [-0.15, -0.1) is 0 Å². The molecule has 1 N–H and O–H groups in total. The van der Waals surface area contributed by atoms with Gasteiger partial charge in [-0.3, -0.25) is 0 Å². The second-order valence-electron chi connectivity index (χ2n) is 5.54. The van der Waals surface area contributed by atoms with E-state index in [2.05, 4.69) is 42.7 Å². The van der Waals surface area contributed by atoms with E-state index in [9.17, 15) is 0 Å². The highest BCUT2D eigenvalue weighted by Gasteiger charge is 2.20. The first kappa shape index (κ1) is 14.7. The average molecular weight is 239 g/mol. The molecule has 1 fully saturated rings. The molecule has 0 aliphatic carbocycles. The van der Waals surface area contributed by atoms with Crippen LogP contribution in [0.25, 0.3) is 0 Å². The lowest BCUT2D eigenvalue weighted by molar-refractivity contribution is 0.289. The molecule has 0 aromatic heterocycles. The van der Waals surface area contributed by atoms with Crippen molar-refractivity contribution in [1.29, 1.82) is 0 Å². The molecule has 0 aromatic carbocycles. The van der Waals surface area contributed by atoms with E-state index in [0.717, 1.165) is 25.6 Å². The van der Waals surface area contributed by atoms with Gasteiger partial charge in [0.2, 0.25) is 0 Å². The lowest BCUT2D eigenvalue weighted by Gasteiger charge is -2.22. The van der Waals surface area contributed by atoms with Gasteiger partial charge in [0.1, 0.15) is 0 Å². The Morgan fingerprint density at radius 2 is 2.29 bits per heavy atom. The largest absolute Gasteiger partial charge is 0.313 e. The van der Waals surface area contributed by atoms with Crippen LogP contribution in [-0.2, 0) is 0 Å². The molecule has 0 radical (unpaired) electrons. The van der Waals surface area contributed by atoms with Crippen LogP contribution in [0.4, 0.5) is 0 Å². The third-order valence-corrected chi connectivity index (χ3v) is 3.35. The Morgan fingerprint density at radius 3 is 2.88 bits per heavy atom. The highest BCUT2D eigenvalue weighted by Crippen LogP contribution is 2.15. The van der Waals surface area contributed by atoms with Crippen LogP contribution in [0.15, 0.2) is 12.2 Å². The summed E-state index contributed by atoms with van der Waals surface area (Å²) in [6, 6.07) is 0. The van der Waals surface area contributed by atoms with E-state index in [-0.39, 0.29) is 0 Å². The van der Waals surface area contributed by atoms with Crippen LogP contribution in [0.1, 0.15) is 19.8 Å². The Hall–Kier alpha value is -0.380. The van der Waals surface area contributed by atoms with E-state index >= 15 is 0 Å². The normalized spacial score (nSPS) is 21.3. The molecule has 3 nitrogen and oxygen atoms in total. The molecule has 1 saturated heterocycles. The minimum absolute atomic E-state index is 0.849. The SMILES string of the molecule is C=C(CNCCC)CN(C)CC1CCN(C)C1. The molecule has 0 amide bonds. The van der Waals surface area contributed by atoms with Gasteiger partial charge in [-0.1, -0.05) is 13.5 Å². The van der Waals surface area contributed by atoms with E-state index in [1.807, 2.05) is 0 Å². The zero-order valence-electron chi connectivity index (χ0n) is 11.8. The van der Waals surface area contributed by atoms with E-state index in [1.165, 1.54) is 38.0 Å². The van der Waals surface area contributed by atoms with Gasteiger partial charge in [0.05, 0.1) is 0 Å². The number of rotatable bonds is 8. The Kier molecular flexibility index (Phi) is 6.78. The minimum Gasteiger partial charge on any atom is -0.313 e. The average Bonchev–Trinajstić information content (AvgIpc) is 2.64. The molecule has 0 aromatic rings. The summed E-state index contributed by atoms with van der Waals surface area (Å²) in [5.74, 6) is 0.849. The Balaban J connectivity index is 2.11. The monoisotopic (exact) mass is 239 g/mol. The molecule has 3 heteroatoms. The fraction of sp³-hybridized carbons (Fsp3) is 0.857. The highest BCUT2D eigenvalue weighted by atomic mass is 15.1. The maximum Gasteiger partial charge on any atom is 0.0199 e. The van der Waals surface area contributed by atoms with E-state index in [4.69, 9.17) is 0 Å². The topological polar surface area (TPSA) is 18.5 Å². The summed E-state index contributed by atoms with van der Waals surface area (Å²) in [5, 5.41) is 3.41. The number of hydrogen-bond acceptors (Lipinski definition) is 3. The Labute approximate surface area is 107 Å². The molecule has 1 aliphatic rings. The number of nitrogens with one attached hydrogen (secondary N) is 1. The van der Waals surface area contributed by atoms with Crippen molar-refractivity contribution in [1.82, 2.24) is 15.1 Å². The molecule has 0 spiro atoms. The third kappa shape index (κ3) is 6.20. The standard InChI is InChI=1S/C14H29N3/c1-5-7-15-9-13(2)10-17(4)12-14-6-8-16(3)11-14/h14-15H,2,5-12H2,1,3-4H3. The molecule has 1 unspecified atom stereocenters. The molecule has 0 saturated carbocycles. The molecular weight excluding hydrogens is 210 g/mol. The van der Waals surface area contributed by atoms with Gasteiger partial charge in [-0.05, 0) is 51.5 Å². The number of likely N-dealkylation sites (N-methyl/N-ethyl adjacent to an activating group) is 1. The van der Waals surface area contributed by atoms with Gasteiger partial charge in [0, 0.05) is 26.2 Å². The first-order valence-corrected chi connectivity index (χ1v) is 6.86. The van der Waals surface area contributed by atoms with Crippen molar-refractivity contribution in [2.45, 2.75) is 19.8 Å². The van der Waals surface area contributed by atoms with Crippen molar-refractivity contribution >= 4 is 0 Å². The van der Waals surface area contributed by atoms with Crippen molar-refractivity contribution in [3.05, 3.63) is 12.2 Å². The fourth-order valence-electron chi connectivity index (χ4n) is 2.56. The quantitative estimate of drug-likeness (QED) is 0.510. The van der Waals surface area contributed by atoms with Crippen molar-refractivity contribution < 1.29 is 0 Å². The summed E-state index contributed by atoms with van der Waals surface area (Å²) in [6.07, 6.45) is 2.54. The number of hydrogen-bond donors (Lipinski definition) is 1. The van der Waals surface area contributed by atoms with Crippen LogP contribution in [0.5, 0.6) is 0 Å². The van der Waals surface area contributed by atoms with Gasteiger partial charge < -0.3 is 15.1 Å². The molecule has 17 heavy (non-hydrogen) atoms. The second-order valence-corrected chi connectivity index (χ2v) is 5.54. The van der Waals surface area contributed by atoms with Crippen LogP contribution in [0.3, 0.4) is 0 Å². The Bertz CT molecular complexity index is 228. The van der Waals surface area contributed by atoms with Gasteiger partial charge in [0.25, 0.3) is 0 Å². The smallest absolute Gasteiger partial charge is 0.0199 e. The summed E-state index contributed by atoms with van der Waals surface area (Å²) in [7, 11) is 4.43. The molecule has 0 bridgehead atoms. The summed E-state index contributed by atoms with van der Waals surface area (Å²) in [5.41, 5.74) is 1.30. The van der Waals surface area contributed by atoms with Crippen molar-refractivity contribution in [3.63, 3.8) is 0 Å². The van der Waals surface area contributed by atoms with Crippen LogP contribution >= 0.6 is 0 Å². The third-order valence-electron chi connectivity index (χ3n) is 3.35. The predicted molar refractivity (Wildman–Crippen MR) is 75.4 cm³/mol. The molecule has 100 valence electrons. The molecule has 1 aliphatic heterocycles. The van der Waals surface area contributed by atoms with Crippen LogP contribution in [0, 0.1) is 5.92 Å². The van der Waals surface area contributed by atoms with Crippen molar-refractivity contribution in [2.24, 2.45) is 5.92 Å².